The Morgan fingerprint density at radius 3 is 2.09 bits per heavy atom. The quantitative estimate of drug-likeness (QED) is 0.188. The van der Waals surface area contributed by atoms with Crippen LogP contribution in [0.15, 0.2) is 18.2 Å². The second-order valence-corrected chi connectivity index (χ2v) is 17.7. The van der Waals surface area contributed by atoms with Gasteiger partial charge in [-0.3, -0.25) is 0 Å². The Bertz CT molecular complexity index is 919. The SMILES string of the molecule is C/C(=C/C(=O)O)c1cc2c(cc1OCCCCCO[Si](C)(C)CC(C)(C)C)C(C)(C)CCC2(C)C. The summed E-state index contributed by atoms with van der Waals surface area (Å²) in [5, 5.41) is 9.35. The number of hydrogen-bond donors (Lipinski definition) is 1. The van der Waals surface area contributed by atoms with Gasteiger partial charge in [0.1, 0.15) is 5.75 Å². The summed E-state index contributed by atoms with van der Waals surface area (Å²) in [5.41, 5.74) is 4.72. The van der Waals surface area contributed by atoms with Gasteiger partial charge in [0.05, 0.1) is 6.61 Å². The normalized spacial score (nSPS) is 17.7. The maximum Gasteiger partial charge on any atom is 0.328 e. The Kier molecular flexibility index (Phi) is 9.49. The molecule has 0 heterocycles. The summed E-state index contributed by atoms with van der Waals surface area (Å²) in [5.74, 6) is -0.122. The van der Waals surface area contributed by atoms with E-state index in [1.165, 1.54) is 23.2 Å². The molecule has 1 aromatic carbocycles. The monoisotopic (exact) mass is 502 g/mol. The molecule has 0 bridgehead atoms. The van der Waals surface area contributed by atoms with E-state index in [-0.39, 0.29) is 10.8 Å². The van der Waals surface area contributed by atoms with Gasteiger partial charge in [0.2, 0.25) is 0 Å². The molecular weight excluding hydrogens is 452 g/mol. The van der Waals surface area contributed by atoms with Crippen molar-refractivity contribution in [2.45, 2.75) is 117 Å². The highest BCUT2D eigenvalue weighted by atomic mass is 28.4. The van der Waals surface area contributed by atoms with Gasteiger partial charge in [-0.05, 0) is 103 Å². The van der Waals surface area contributed by atoms with Crippen molar-refractivity contribution in [3.05, 3.63) is 34.9 Å². The van der Waals surface area contributed by atoms with E-state index >= 15 is 0 Å². The Labute approximate surface area is 215 Å². The number of carbonyl (C=O) groups is 1. The molecule has 0 spiro atoms. The number of allylic oxidation sites excluding steroid dienone is 1. The van der Waals surface area contributed by atoms with Crippen LogP contribution < -0.4 is 4.74 Å². The fraction of sp³-hybridized carbons (Fsp3) is 0.700. The summed E-state index contributed by atoms with van der Waals surface area (Å²) in [6.07, 6.45) is 6.59. The van der Waals surface area contributed by atoms with E-state index in [1.807, 2.05) is 6.92 Å². The molecule has 0 aliphatic heterocycles. The van der Waals surface area contributed by atoms with E-state index < -0.39 is 14.3 Å². The average Bonchev–Trinajstić information content (AvgIpc) is 2.68. The first kappa shape index (κ1) is 29.6. The zero-order chi connectivity index (χ0) is 26.7. The third kappa shape index (κ3) is 8.78. The average molecular weight is 503 g/mol. The van der Waals surface area contributed by atoms with Gasteiger partial charge in [-0.25, -0.2) is 4.79 Å². The van der Waals surface area contributed by atoms with Gasteiger partial charge in [-0.15, -0.1) is 0 Å². The topological polar surface area (TPSA) is 55.8 Å². The predicted octanol–water partition coefficient (Wildman–Crippen LogP) is 8.34. The van der Waals surface area contributed by atoms with Crippen LogP contribution in [0.1, 0.15) is 104 Å². The maximum atomic E-state index is 11.4. The number of unbranched alkanes of at least 4 members (excludes halogenated alkanes) is 2. The predicted molar refractivity (Wildman–Crippen MR) is 150 cm³/mol. The molecule has 198 valence electrons. The molecule has 0 radical (unpaired) electrons. The molecule has 1 aliphatic carbocycles. The minimum atomic E-state index is -1.62. The van der Waals surface area contributed by atoms with E-state index in [4.69, 9.17) is 9.16 Å². The smallest absolute Gasteiger partial charge is 0.328 e. The van der Waals surface area contributed by atoms with Gasteiger partial charge in [0, 0.05) is 18.2 Å². The second-order valence-electron chi connectivity index (χ2n) is 13.6. The highest BCUT2D eigenvalue weighted by molar-refractivity contribution is 6.71. The number of aliphatic carboxylic acids is 1. The van der Waals surface area contributed by atoms with Crippen molar-refractivity contribution in [3.8, 4) is 5.75 Å². The van der Waals surface area contributed by atoms with E-state index in [0.29, 0.717) is 12.0 Å². The minimum Gasteiger partial charge on any atom is -0.493 e. The van der Waals surface area contributed by atoms with Crippen LogP contribution in [-0.4, -0.2) is 32.6 Å². The molecule has 35 heavy (non-hydrogen) atoms. The Morgan fingerprint density at radius 1 is 1.00 bits per heavy atom. The molecule has 0 saturated carbocycles. The fourth-order valence-electron chi connectivity index (χ4n) is 5.52. The van der Waals surface area contributed by atoms with E-state index in [0.717, 1.165) is 55.6 Å². The van der Waals surface area contributed by atoms with Crippen LogP contribution >= 0.6 is 0 Å². The van der Waals surface area contributed by atoms with Crippen LogP contribution in [0.4, 0.5) is 0 Å². The van der Waals surface area contributed by atoms with Crippen molar-refractivity contribution in [2.75, 3.05) is 13.2 Å². The molecule has 1 aromatic rings. The van der Waals surface area contributed by atoms with Crippen LogP contribution in [0, 0.1) is 5.41 Å². The van der Waals surface area contributed by atoms with E-state index in [2.05, 4.69) is 73.7 Å². The molecule has 1 aliphatic rings. The van der Waals surface area contributed by atoms with Gasteiger partial charge in [0.15, 0.2) is 8.32 Å². The van der Waals surface area contributed by atoms with Crippen molar-refractivity contribution in [2.24, 2.45) is 5.41 Å². The van der Waals surface area contributed by atoms with Gasteiger partial charge < -0.3 is 14.3 Å². The first-order valence-electron chi connectivity index (χ1n) is 13.3. The molecule has 0 fully saturated rings. The largest absolute Gasteiger partial charge is 0.493 e. The lowest BCUT2D eigenvalue weighted by molar-refractivity contribution is -0.131. The first-order chi connectivity index (χ1) is 15.9. The molecule has 0 amide bonds. The number of benzene rings is 1. The van der Waals surface area contributed by atoms with Crippen LogP contribution in [0.25, 0.3) is 5.57 Å². The standard InChI is InChI=1S/C30H50O4Si/c1-22(18-27(31)32)23-19-24-25(30(7,8)15-14-29(24,5)6)20-26(23)33-16-12-11-13-17-34-35(9,10)21-28(2,3)4/h18-20H,11-17,21H2,1-10H3,(H,31,32)/b22-18-. The molecular formula is C30H50O4Si. The lowest BCUT2D eigenvalue weighted by Crippen LogP contribution is -2.35. The molecule has 0 atom stereocenters. The molecule has 5 heteroatoms. The third-order valence-corrected chi connectivity index (χ3v) is 10.1. The van der Waals surface area contributed by atoms with Crippen molar-refractivity contribution in [3.63, 3.8) is 0 Å². The number of carboxylic acids is 1. The van der Waals surface area contributed by atoms with Gasteiger partial charge in [0.25, 0.3) is 0 Å². The highest BCUT2D eigenvalue weighted by Gasteiger charge is 2.38. The van der Waals surface area contributed by atoms with Gasteiger partial charge in [-0.1, -0.05) is 48.5 Å². The van der Waals surface area contributed by atoms with Crippen molar-refractivity contribution in [1.82, 2.24) is 0 Å². The number of ether oxygens (including phenoxy) is 1. The number of rotatable bonds is 11. The molecule has 2 rings (SSSR count). The second kappa shape index (κ2) is 11.2. The van der Waals surface area contributed by atoms with E-state index in [1.54, 1.807) is 0 Å². The molecule has 4 nitrogen and oxygen atoms in total. The van der Waals surface area contributed by atoms with Crippen LogP contribution in [0.3, 0.4) is 0 Å². The van der Waals surface area contributed by atoms with Crippen LogP contribution in [0.2, 0.25) is 19.1 Å². The van der Waals surface area contributed by atoms with Crippen molar-refractivity contribution in [1.29, 1.82) is 0 Å². The Balaban J connectivity index is 2.08. The van der Waals surface area contributed by atoms with Crippen LogP contribution in [0.5, 0.6) is 5.75 Å². The number of hydrogen-bond acceptors (Lipinski definition) is 3. The fourth-order valence-corrected chi connectivity index (χ4v) is 8.88. The summed E-state index contributed by atoms with van der Waals surface area (Å²) in [6, 6.07) is 5.55. The minimum absolute atomic E-state index is 0.0612. The van der Waals surface area contributed by atoms with Crippen molar-refractivity contribution < 1.29 is 19.1 Å². The van der Waals surface area contributed by atoms with Crippen LogP contribution in [-0.2, 0) is 20.1 Å². The lowest BCUT2D eigenvalue weighted by Gasteiger charge is -2.42. The summed E-state index contributed by atoms with van der Waals surface area (Å²) < 4.78 is 12.6. The summed E-state index contributed by atoms with van der Waals surface area (Å²) in [4.78, 5) is 11.4. The van der Waals surface area contributed by atoms with Gasteiger partial charge in [-0.2, -0.15) is 0 Å². The highest BCUT2D eigenvalue weighted by Crippen LogP contribution is 2.48. The summed E-state index contributed by atoms with van der Waals surface area (Å²) in [6.45, 7) is 24.0. The molecule has 0 aromatic heterocycles. The van der Waals surface area contributed by atoms with Crippen molar-refractivity contribution >= 4 is 19.9 Å². The lowest BCUT2D eigenvalue weighted by atomic mass is 9.62. The maximum absolute atomic E-state index is 11.4. The summed E-state index contributed by atoms with van der Waals surface area (Å²) >= 11 is 0. The molecule has 0 unspecified atom stereocenters. The van der Waals surface area contributed by atoms with Gasteiger partial charge >= 0.3 is 5.97 Å². The summed E-state index contributed by atoms with van der Waals surface area (Å²) in [7, 11) is -1.62. The Hall–Kier alpha value is -1.59. The number of carboxylic acid groups (broad SMARTS) is 1. The first-order valence-corrected chi connectivity index (χ1v) is 16.4. The number of fused-ring (bicyclic) bond motifs is 1. The zero-order valence-corrected chi connectivity index (χ0v) is 25.1. The molecule has 0 saturated heterocycles. The third-order valence-electron chi connectivity index (χ3n) is 7.21. The van der Waals surface area contributed by atoms with E-state index in [9.17, 15) is 9.90 Å². The molecule has 1 N–H and O–H groups in total. The Morgan fingerprint density at radius 2 is 1.54 bits per heavy atom. The zero-order valence-electron chi connectivity index (χ0n) is 24.1.